The fourth-order valence-electron chi connectivity index (χ4n) is 3.46. The number of benzene rings is 1. The van der Waals surface area contributed by atoms with Crippen molar-refractivity contribution >= 4 is 12.1 Å². The van der Waals surface area contributed by atoms with Crippen LogP contribution in [0.5, 0.6) is 0 Å². The van der Waals surface area contributed by atoms with Crippen molar-refractivity contribution in [2.24, 2.45) is 0 Å². The zero-order valence-electron chi connectivity index (χ0n) is 18.6. The molecule has 0 spiro atoms. The fourth-order valence-corrected chi connectivity index (χ4v) is 3.46. The van der Waals surface area contributed by atoms with Gasteiger partial charge in [0.15, 0.2) is 0 Å². The van der Waals surface area contributed by atoms with Crippen LogP contribution in [0.15, 0.2) is 18.2 Å². The Morgan fingerprint density at radius 3 is 2.10 bits per heavy atom. The predicted octanol–water partition coefficient (Wildman–Crippen LogP) is 5.67. The Balaban J connectivity index is 2.37. The molecule has 1 heterocycles. The van der Waals surface area contributed by atoms with Gasteiger partial charge in [-0.25, -0.2) is 14.0 Å². The van der Waals surface area contributed by atoms with Crippen LogP contribution in [0, 0.1) is 5.82 Å². The molecule has 0 bridgehead atoms. The Morgan fingerprint density at radius 2 is 1.58 bits per heavy atom. The van der Waals surface area contributed by atoms with Gasteiger partial charge in [-0.1, -0.05) is 12.1 Å². The Hall–Kier alpha value is -2.32. The summed E-state index contributed by atoms with van der Waals surface area (Å²) in [6.07, 6.45) is -5.46. The molecule has 1 aromatic rings. The van der Waals surface area contributed by atoms with Crippen LogP contribution in [0.25, 0.3) is 0 Å². The van der Waals surface area contributed by atoms with Crippen LogP contribution in [-0.2, 0) is 20.4 Å². The third kappa shape index (κ3) is 6.58. The number of alkyl halides is 3. The predicted molar refractivity (Wildman–Crippen MR) is 106 cm³/mol. The number of nitrogens with zero attached hydrogens (tertiary/aromatic N) is 1. The van der Waals surface area contributed by atoms with Crippen molar-refractivity contribution in [1.82, 2.24) is 4.90 Å². The van der Waals surface area contributed by atoms with E-state index in [2.05, 4.69) is 0 Å². The zero-order chi connectivity index (χ0) is 23.8. The molecule has 1 fully saturated rings. The van der Waals surface area contributed by atoms with E-state index in [0.29, 0.717) is 6.07 Å². The highest BCUT2D eigenvalue weighted by molar-refractivity contribution is 5.82. The van der Waals surface area contributed by atoms with Gasteiger partial charge in [-0.3, -0.25) is 4.90 Å². The highest BCUT2D eigenvalue weighted by atomic mass is 19.4. The molecule has 0 aromatic heterocycles. The number of hydrogen-bond donors (Lipinski definition) is 0. The summed E-state index contributed by atoms with van der Waals surface area (Å²) < 4.78 is 64.9. The van der Waals surface area contributed by atoms with Gasteiger partial charge in [0.25, 0.3) is 0 Å². The van der Waals surface area contributed by atoms with E-state index in [1.807, 2.05) is 0 Å². The Kier molecular flexibility index (Phi) is 6.97. The highest BCUT2D eigenvalue weighted by Gasteiger charge is 2.42. The van der Waals surface area contributed by atoms with Gasteiger partial charge in [0.05, 0.1) is 5.56 Å². The lowest BCUT2D eigenvalue weighted by Gasteiger charge is -2.39. The van der Waals surface area contributed by atoms with Crippen molar-refractivity contribution in [3.05, 3.63) is 35.1 Å². The lowest BCUT2D eigenvalue weighted by atomic mass is 9.84. The van der Waals surface area contributed by atoms with E-state index < -0.39 is 52.8 Å². The van der Waals surface area contributed by atoms with Crippen LogP contribution in [0.1, 0.15) is 71.4 Å². The fraction of sp³-hybridized carbons (Fsp3) is 0.636. The number of carbonyl (C=O) groups excluding carboxylic acids is 2. The van der Waals surface area contributed by atoms with Gasteiger partial charge in [-0.05, 0) is 71.9 Å². The minimum atomic E-state index is -4.83. The second kappa shape index (κ2) is 8.67. The van der Waals surface area contributed by atoms with Crippen molar-refractivity contribution in [2.75, 3.05) is 6.54 Å². The maximum atomic E-state index is 14.7. The van der Waals surface area contributed by atoms with Gasteiger partial charge in [-0.15, -0.1) is 0 Å². The number of carbonyl (C=O) groups is 2. The van der Waals surface area contributed by atoms with E-state index in [1.54, 1.807) is 41.5 Å². The first kappa shape index (κ1) is 24.9. The van der Waals surface area contributed by atoms with Gasteiger partial charge >= 0.3 is 18.2 Å². The first-order chi connectivity index (χ1) is 14.0. The average Bonchev–Trinajstić information content (AvgIpc) is 2.57. The lowest BCUT2D eigenvalue weighted by Crippen LogP contribution is -2.52. The first-order valence-corrected chi connectivity index (χ1v) is 10.1. The van der Waals surface area contributed by atoms with Gasteiger partial charge < -0.3 is 9.47 Å². The summed E-state index contributed by atoms with van der Waals surface area (Å²) >= 11 is 0. The third-order valence-electron chi connectivity index (χ3n) is 4.68. The molecule has 5 nitrogen and oxygen atoms in total. The number of piperidine rings is 1. The minimum absolute atomic E-state index is 0.0131. The molecule has 0 radical (unpaired) electrons. The normalized spacial score (nSPS) is 20.4. The molecule has 0 unspecified atom stereocenters. The van der Waals surface area contributed by atoms with E-state index in [0.717, 1.165) is 6.07 Å². The summed E-state index contributed by atoms with van der Waals surface area (Å²) in [5, 5.41) is 0. The monoisotopic (exact) mass is 447 g/mol. The maximum Gasteiger partial charge on any atom is 0.419 e. The second-order valence-corrected chi connectivity index (χ2v) is 9.65. The maximum absolute atomic E-state index is 14.7. The molecule has 2 rings (SSSR count). The van der Waals surface area contributed by atoms with Crippen LogP contribution in [0.3, 0.4) is 0 Å². The molecule has 1 aliphatic rings. The molecule has 1 aromatic carbocycles. The zero-order valence-corrected chi connectivity index (χ0v) is 18.6. The smallest absolute Gasteiger partial charge is 0.419 e. The van der Waals surface area contributed by atoms with Crippen LogP contribution < -0.4 is 0 Å². The van der Waals surface area contributed by atoms with Crippen molar-refractivity contribution in [1.29, 1.82) is 0 Å². The van der Waals surface area contributed by atoms with Crippen LogP contribution in [0.4, 0.5) is 22.4 Å². The molecule has 31 heavy (non-hydrogen) atoms. The van der Waals surface area contributed by atoms with Crippen LogP contribution >= 0.6 is 0 Å². The SMILES string of the molecule is CC(C)(C)OC(=O)[C@H]1C[C@@H](c2cccc(C(F)(F)F)c2F)CCN1C(=O)OC(C)(C)C. The molecule has 1 saturated heterocycles. The Labute approximate surface area is 179 Å². The van der Waals surface area contributed by atoms with Crippen LogP contribution in [-0.4, -0.2) is 40.8 Å². The number of rotatable bonds is 2. The number of hydrogen-bond acceptors (Lipinski definition) is 4. The molecule has 174 valence electrons. The molecule has 1 aliphatic heterocycles. The molecule has 0 saturated carbocycles. The van der Waals surface area contributed by atoms with E-state index in [-0.39, 0.29) is 24.9 Å². The van der Waals surface area contributed by atoms with Crippen molar-refractivity contribution < 1.29 is 36.6 Å². The molecular formula is C22H29F4NO4. The van der Waals surface area contributed by atoms with Crippen LogP contribution in [0.2, 0.25) is 0 Å². The van der Waals surface area contributed by atoms with E-state index in [4.69, 9.17) is 9.47 Å². The largest absolute Gasteiger partial charge is 0.458 e. The summed E-state index contributed by atoms with van der Waals surface area (Å²) in [7, 11) is 0. The van der Waals surface area contributed by atoms with E-state index in [9.17, 15) is 27.2 Å². The summed E-state index contributed by atoms with van der Waals surface area (Å²) in [4.78, 5) is 26.7. The molecule has 2 atom stereocenters. The average molecular weight is 447 g/mol. The molecular weight excluding hydrogens is 418 g/mol. The van der Waals surface area contributed by atoms with E-state index >= 15 is 0 Å². The number of amides is 1. The number of likely N-dealkylation sites (tertiary alicyclic amines) is 1. The lowest BCUT2D eigenvalue weighted by molar-refractivity contribution is -0.162. The topological polar surface area (TPSA) is 55.8 Å². The Morgan fingerprint density at radius 1 is 1.00 bits per heavy atom. The van der Waals surface area contributed by atoms with E-state index in [1.165, 1.54) is 11.0 Å². The summed E-state index contributed by atoms with van der Waals surface area (Å²) in [5.41, 5.74) is -3.13. The molecule has 1 amide bonds. The summed E-state index contributed by atoms with van der Waals surface area (Å²) in [5.74, 6) is -2.76. The molecule has 9 heteroatoms. The molecule has 0 N–H and O–H groups in total. The van der Waals surface area contributed by atoms with Crippen molar-refractivity contribution in [2.45, 2.75) is 83.7 Å². The third-order valence-corrected chi connectivity index (χ3v) is 4.68. The minimum Gasteiger partial charge on any atom is -0.458 e. The number of halogens is 4. The number of ether oxygens (including phenoxy) is 2. The quantitative estimate of drug-likeness (QED) is 0.433. The van der Waals surface area contributed by atoms with Gasteiger partial charge in [0.2, 0.25) is 0 Å². The van der Waals surface area contributed by atoms with Gasteiger partial charge in [0.1, 0.15) is 23.1 Å². The van der Waals surface area contributed by atoms with Crippen molar-refractivity contribution in [3.8, 4) is 0 Å². The highest BCUT2D eigenvalue weighted by Crippen LogP contribution is 2.39. The van der Waals surface area contributed by atoms with Gasteiger partial charge in [-0.2, -0.15) is 13.2 Å². The van der Waals surface area contributed by atoms with Crippen molar-refractivity contribution in [3.63, 3.8) is 0 Å². The second-order valence-electron chi connectivity index (χ2n) is 9.65. The first-order valence-electron chi connectivity index (χ1n) is 10.1. The molecule has 0 aliphatic carbocycles. The Bertz CT molecular complexity index is 824. The standard InChI is InChI=1S/C22H29F4NO4/c1-20(2,3)30-18(28)16-12-13(10-11-27(16)19(29)31-21(4,5)6)14-8-7-9-15(17(14)23)22(24,25)26/h7-9,13,16H,10-12H2,1-6H3/t13-,16+/m0/s1. The summed E-state index contributed by atoms with van der Waals surface area (Å²) in [6.45, 7) is 10.0. The van der Waals surface area contributed by atoms with Gasteiger partial charge in [0, 0.05) is 6.54 Å². The summed E-state index contributed by atoms with van der Waals surface area (Å²) in [6, 6.07) is 2.00. The number of esters is 1.